The summed E-state index contributed by atoms with van der Waals surface area (Å²) in [5.74, 6) is 0.261. The molecule has 3 aromatic carbocycles. The zero-order chi connectivity index (χ0) is 24.8. The summed E-state index contributed by atoms with van der Waals surface area (Å²) in [5, 5.41) is 10.6. The topological polar surface area (TPSA) is 103 Å². The van der Waals surface area contributed by atoms with E-state index in [1.165, 1.54) is 0 Å². The van der Waals surface area contributed by atoms with Crippen LogP contribution in [0.5, 0.6) is 11.5 Å². The van der Waals surface area contributed by atoms with Crippen molar-refractivity contribution >= 4 is 34.2 Å². The number of amides is 2. The minimum Gasteiger partial charge on any atom is -0.492 e. The van der Waals surface area contributed by atoms with Gasteiger partial charge >= 0.3 is 0 Å². The lowest BCUT2D eigenvalue weighted by molar-refractivity contribution is -0.115. The molecule has 35 heavy (non-hydrogen) atoms. The van der Waals surface area contributed by atoms with Gasteiger partial charge in [-0.3, -0.25) is 9.59 Å². The van der Waals surface area contributed by atoms with Gasteiger partial charge in [-0.05, 0) is 45.0 Å². The van der Waals surface area contributed by atoms with Crippen LogP contribution in [0.4, 0.5) is 11.4 Å². The Morgan fingerprint density at radius 2 is 1.54 bits per heavy atom. The third-order valence-electron chi connectivity index (χ3n) is 5.27. The molecule has 8 nitrogen and oxygen atoms in total. The van der Waals surface area contributed by atoms with E-state index in [1.807, 2.05) is 45.0 Å². The normalized spacial score (nSPS) is 10.7. The van der Waals surface area contributed by atoms with Gasteiger partial charge < -0.3 is 24.6 Å². The summed E-state index contributed by atoms with van der Waals surface area (Å²) < 4.78 is 16.9. The van der Waals surface area contributed by atoms with Gasteiger partial charge in [0.05, 0.1) is 31.0 Å². The first-order valence-electron chi connectivity index (χ1n) is 11.4. The molecule has 0 spiro atoms. The van der Waals surface area contributed by atoms with Crippen molar-refractivity contribution in [1.82, 2.24) is 5.16 Å². The molecule has 180 valence electrons. The largest absolute Gasteiger partial charge is 0.492 e. The molecule has 0 aliphatic rings. The summed E-state index contributed by atoms with van der Waals surface area (Å²) in [5.41, 5.74) is 3.62. The number of carbonyl (C=O) groups excluding carboxylic acids is 2. The molecule has 0 saturated heterocycles. The monoisotopic (exact) mass is 473 g/mol. The smallest absolute Gasteiger partial charge is 0.255 e. The van der Waals surface area contributed by atoms with E-state index in [9.17, 15) is 9.59 Å². The van der Waals surface area contributed by atoms with E-state index in [-0.39, 0.29) is 18.2 Å². The first kappa shape index (κ1) is 23.8. The number of hydrogen-bond acceptors (Lipinski definition) is 6. The van der Waals surface area contributed by atoms with Crippen LogP contribution in [0.3, 0.4) is 0 Å². The summed E-state index contributed by atoms with van der Waals surface area (Å²) in [6.07, 6.45) is 0.0263. The maximum Gasteiger partial charge on any atom is 0.255 e. The fourth-order valence-corrected chi connectivity index (χ4v) is 3.67. The number of hydrogen-bond donors (Lipinski definition) is 2. The van der Waals surface area contributed by atoms with Crippen LogP contribution in [0.2, 0.25) is 0 Å². The summed E-state index contributed by atoms with van der Waals surface area (Å²) in [6.45, 7) is 6.40. The minimum absolute atomic E-state index is 0.0263. The highest BCUT2D eigenvalue weighted by Crippen LogP contribution is 2.37. The van der Waals surface area contributed by atoms with Crippen molar-refractivity contribution in [2.75, 3.05) is 23.8 Å². The lowest BCUT2D eigenvalue weighted by Gasteiger charge is -2.18. The van der Waals surface area contributed by atoms with Gasteiger partial charge in [-0.15, -0.1) is 0 Å². The maximum atomic E-state index is 12.9. The molecule has 1 aromatic heterocycles. The Kier molecular flexibility index (Phi) is 7.30. The molecule has 0 bridgehead atoms. The summed E-state index contributed by atoms with van der Waals surface area (Å²) >= 11 is 0. The van der Waals surface area contributed by atoms with E-state index in [4.69, 9.17) is 14.0 Å². The molecule has 4 aromatic rings. The fraction of sp³-hybridized carbons (Fsp3) is 0.222. The second kappa shape index (κ2) is 10.7. The minimum atomic E-state index is -0.286. The van der Waals surface area contributed by atoms with Gasteiger partial charge in [0.25, 0.3) is 5.91 Å². The van der Waals surface area contributed by atoms with E-state index >= 15 is 0 Å². The van der Waals surface area contributed by atoms with Crippen molar-refractivity contribution in [1.29, 1.82) is 0 Å². The number of aryl methyl sites for hydroxylation is 1. The number of nitrogens with one attached hydrogen (secondary N) is 2. The van der Waals surface area contributed by atoms with E-state index < -0.39 is 0 Å². The molecule has 8 heteroatoms. The Labute approximate surface area is 203 Å². The van der Waals surface area contributed by atoms with Gasteiger partial charge in [-0.2, -0.15) is 0 Å². The Balaban J connectivity index is 1.59. The van der Waals surface area contributed by atoms with Crippen molar-refractivity contribution in [3.63, 3.8) is 0 Å². The average molecular weight is 474 g/mol. The number of fused-ring (bicyclic) bond motifs is 1. The predicted octanol–water partition coefficient (Wildman–Crippen LogP) is 5.37. The Bertz CT molecular complexity index is 1350. The molecule has 1 heterocycles. The van der Waals surface area contributed by atoms with Crippen LogP contribution >= 0.6 is 0 Å². The van der Waals surface area contributed by atoms with E-state index in [0.29, 0.717) is 52.9 Å². The molecule has 0 saturated carbocycles. The Morgan fingerprint density at radius 3 is 2.20 bits per heavy atom. The van der Waals surface area contributed by atoms with Crippen molar-refractivity contribution in [2.45, 2.75) is 27.2 Å². The van der Waals surface area contributed by atoms with E-state index in [0.717, 1.165) is 10.9 Å². The molecule has 0 fully saturated rings. The number of rotatable bonds is 9. The molecule has 0 radical (unpaired) electrons. The van der Waals surface area contributed by atoms with Crippen LogP contribution in [0.15, 0.2) is 65.2 Å². The molecule has 0 atom stereocenters. The zero-order valence-electron chi connectivity index (χ0n) is 19.9. The van der Waals surface area contributed by atoms with Crippen molar-refractivity contribution in [3.05, 3.63) is 77.5 Å². The highest BCUT2D eigenvalue weighted by Gasteiger charge is 2.18. The van der Waals surface area contributed by atoms with Crippen molar-refractivity contribution < 1.29 is 23.6 Å². The van der Waals surface area contributed by atoms with Crippen molar-refractivity contribution in [3.8, 4) is 11.5 Å². The quantitative estimate of drug-likeness (QED) is 0.339. The molecular weight excluding hydrogens is 446 g/mol. The van der Waals surface area contributed by atoms with E-state index in [2.05, 4.69) is 15.8 Å². The number of nitrogens with zero attached hydrogens (tertiary/aromatic N) is 1. The van der Waals surface area contributed by atoms with Gasteiger partial charge in [0.2, 0.25) is 5.91 Å². The van der Waals surface area contributed by atoms with Gasteiger partial charge in [-0.1, -0.05) is 35.0 Å². The maximum absolute atomic E-state index is 12.9. The molecule has 0 aliphatic heterocycles. The van der Waals surface area contributed by atoms with Gasteiger partial charge in [0.15, 0.2) is 5.58 Å². The number of carbonyl (C=O) groups is 2. The summed E-state index contributed by atoms with van der Waals surface area (Å²) in [6, 6.07) is 17.9. The number of aromatic nitrogens is 1. The third-order valence-corrected chi connectivity index (χ3v) is 5.27. The molecule has 2 amide bonds. The van der Waals surface area contributed by atoms with Crippen molar-refractivity contribution in [2.24, 2.45) is 0 Å². The average Bonchev–Trinajstić information content (AvgIpc) is 3.24. The Morgan fingerprint density at radius 1 is 0.886 bits per heavy atom. The van der Waals surface area contributed by atoms with Crippen LogP contribution in [0.25, 0.3) is 11.0 Å². The number of anilines is 2. The highest BCUT2D eigenvalue weighted by molar-refractivity contribution is 6.05. The van der Waals surface area contributed by atoms with Gasteiger partial charge in [0.1, 0.15) is 17.2 Å². The SMILES string of the molecule is CCOc1cc(NC(=O)c2ccccc2)c(OCC)cc1NC(=O)Cc1noc2ccc(C)cc12. The van der Waals surface area contributed by atoms with Gasteiger partial charge in [0, 0.05) is 23.1 Å². The molecule has 2 N–H and O–H groups in total. The van der Waals surface area contributed by atoms with E-state index in [1.54, 1.807) is 36.4 Å². The lowest BCUT2D eigenvalue weighted by atomic mass is 10.1. The fourth-order valence-electron chi connectivity index (χ4n) is 3.67. The Hall–Kier alpha value is -4.33. The molecular formula is C27H27N3O5. The van der Waals surface area contributed by atoms with Crippen LogP contribution < -0.4 is 20.1 Å². The first-order chi connectivity index (χ1) is 17.0. The zero-order valence-corrected chi connectivity index (χ0v) is 19.9. The molecule has 0 unspecified atom stereocenters. The number of ether oxygens (including phenoxy) is 2. The van der Waals surface area contributed by atoms with Crippen LogP contribution in [-0.2, 0) is 11.2 Å². The van der Waals surface area contributed by atoms with Crippen LogP contribution in [0, 0.1) is 6.92 Å². The first-order valence-corrected chi connectivity index (χ1v) is 11.4. The lowest BCUT2D eigenvalue weighted by Crippen LogP contribution is -2.17. The second-order valence-electron chi connectivity index (χ2n) is 7.88. The standard InChI is InChI=1S/C27H27N3O5/c1-4-33-24-15-22(29-27(32)18-9-7-6-8-10-18)25(34-5-2)14-21(24)28-26(31)16-20-19-13-17(3)11-12-23(19)35-30-20/h6-15H,4-5,16H2,1-3H3,(H,28,31)(H,29,32). The highest BCUT2D eigenvalue weighted by atomic mass is 16.5. The van der Waals surface area contributed by atoms with Crippen LogP contribution in [0.1, 0.15) is 35.5 Å². The molecule has 0 aliphatic carbocycles. The predicted molar refractivity (Wildman–Crippen MR) is 134 cm³/mol. The van der Waals surface area contributed by atoms with Gasteiger partial charge in [-0.25, -0.2) is 0 Å². The summed E-state index contributed by atoms with van der Waals surface area (Å²) in [4.78, 5) is 25.6. The summed E-state index contributed by atoms with van der Waals surface area (Å²) in [7, 11) is 0. The van der Waals surface area contributed by atoms with Crippen LogP contribution in [-0.4, -0.2) is 30.2 Å². The third kappa shape index (κ3) is 5.60. The number of benzene rings is 3. The molecule has 4 rings (SSSR count). The second-order valence-corrected chi connectivity index (χ2v) is 7.88.